The van der Waals surface area contributed by atoms with E-state index < -0.39 is 0 Å². The van der Waals surface area contributed by atoms with Crippen molar-refractivity contribution in [1.82, 2.24) is 4.90 Å². The van der Waals surface area contributed by atoms with Crippen LogP contribution in [0, 0.1) is 0 Å². The quantitative estimate of drug-likeness (QED) is 0.652. The van der Waals surface area contributed by atoms with E-state index in [-0.39, 0.29) is 24.0 Å². The fourth-order valence-electron chi connectivity index (χ4n) is 2.01. The molecule has 1 rings (SSSR count). The molecule has 0 aromatic carbocycles. The van der Waals surface area contributed by atoms with Crippen molar-refractivity contribution < 1.29 is 19.1 Å². The van der Waals surface area contributed by atoms with E-state index in [1.165, 1.54) is 12.0 Å². The lowest BCUT2D eigenvalue weighted by Crippen LogP contribution is -2.46. The number of ether oxygens (including phenoxy) is 2. The third-order valence-electron chi connectivity index (χ3n) is 3.45. The minimum absolute atomic E-state index is 0.0195. The maximum Gasteiger partial charge on any atom is 0.325 e. The third-order valence-corrected chi connectivity index (χ3v) is 3.45. The van der Waals surface area contributed by atoms with E-state index in [1.807, 2.05) is 6.92 Å². The van der Waals surface area contributed by atoms with Gasteiger partial charge >= 0.3 is 5.97 Å². The summed E-state index contributed by atoms with van der Waals surface area (Å²) in [6.45, 7) is 2.38. The second kappa shape index (κ2) is 6.00. The maximum absolute atomic E-state index is 12.0. The zero-order valence-corrected chi connectivity index (χ0v) is 10.8. The first-order valence-corrected chi connectivity index (χ1v) is 5.96. The number of rotatable bonds is 6. The average molecular weight is 243 g/mol. The second-order valence-electron chi connectivity index (χ2n) is 4.40. The van der Waals surface area contributed by atoms with Crippen LogP contribution in [0.5, 0.6) is 0 Å². The molecule has 5 nitrogen and oxygen atoms in total. The Balaban J connectivity index is 2.51. The van der Waals surface area contributed by atoms with E-state index in [0.717, 1.165) is 19.3 Å². The van der Waals surface area contributed by atoms with Crippen molar-refractivity contribution in [3.8, 4) is 0 Å². The molecule has 98 valence electrons. The van der Waals surface area contributed by atoms with Gasteiger partial charge in [0, 0.05) is 13.7 Å². The lowest BCUT2D eigenvalue weighted by atomic mass is 9.77. The summed E-state index contributed by atoms with van der Waals surface area (Å²) in [5, 5.41) is 0. The molecule has 1 fully saturated rings. The lowest BCUT2D eigenvalue weighted by molar-refractivity contribution is -0.152. The van der Waals surface area contributed by atoms with Crippen LogP contribution in [0.4, 0.5) is 0 Å². The largest absolute Gasteiger partial charge is 0.468 e. The van der Waals surface area contributed by atoms with Crippen molar-refractivity contribution in [3.05, 3.63) is 0 Å². The standard InChI is InChI=1S/C12H21NO4/c1-4-13(9-11(15)16-2)10(14)8-12(17-3)6-5-7-12/h4-9H2,1-3H3. The molecule has 5 heteroatoms. The van der Waals surface area contributed by atoms with E-state index in [1.54, 1.807) is 7.11 Å². The predicted octanol–water partition coefficient (Wildman–Crippen LogP) is 0.967. The summed E-state index contributed by atoms with van der Waals surface area (Å²) in [6, 6.07) is 0. The molecule has 0 N–H and O–H groups in total. The Morgan fingerprint density at radius 2 is 1.94 bits per heavy atom. The van der Waals surface area contributed by atoms with Crippen molar-refractivity contribution in [3.63, 3.8) is 0 Å². The number of hydrogen-bond acceptors (Lipinski definition) is 4. The number of likely N-dealkylation sites (N-methyl/N-ethyl adjacent to an activating group) is 1. The first kappa shape index (κ1) is 14.0. The van der Waals surface area contributed by atoms with Gasteiger partial charge in [0.25, 0.3) is 0 Å². The molecule has 0 aromatic rings. The van der Waals surface area contributed by atoms with E-state index in [4.69, 9.17) is 4.74 Å². The van der Waals surface area contributed by atoms with Gasteiger partial charge in [-0.3, -0.25) is 9.59 Å². The molecule has 0 bridgehead atoms. The van der Waals surface area contributed by atoms with Gasteiger partial charge in [-0.2, -0.15) is 0 Å². The molecule has 0 saturated heterocycles. The summed E-state index contributed by atoms with van der Waals surface area (Å²) in [5.41, 5.74) is -0.291. The fraction of sp³-hybridized carbons (Fsp3) is 0.833. The first-order valence-electron chi connectivity index (χ1n) is 5.96. The van der Waals surface area contributed by atoms with Crippen molar-refractivity contribution >= 4 is 11.9 Å². The average Bonchev–Trinajstić information content (AvgIpc) is 2.29. The second-order valence-corrected chi connectivity index (χ2v) is 4.40. The van der Waals surface area contributed by atoms with Crippen LogP contribution in [0.25, 0.3) is 0 Å². The van der Waals surface area contributed by atoms with E-state index in [2.05, 4.69) is 4.74 Å². The zero-order valence-electron chi connectivity index (χ0n) is 10.8. The summed E-state index contributed by atoms with van der Waals surface area (Å²) >= 11 is 0. The molecule has 0 spiro atoms. The minimum Gasteiger partial charge on any atom is -0.468 e. The SMILES string of the molecule is CCN(CC(=O)OC)C(=O)CC1(OC)CCC1. The van der Waals surface area contributed by atoms with Gasteiger partial charge in [-0.05, 0) is 26.2 Å². The van der Waals surface area contributed by atoms with Crippen LogP contribution >= 0.6 is 0 Å². The van der Waals surface area contributed by atoms with E-state index >= 15 is 0 Å². The van der Waals surface area contributed by atoms with Crippen molar-refractivity contribution in [1.29, 1.82) is 0 Å². The molecule has 0 aromatic heterocycles. The van der Waals surface area contributed by atoms with Crippen LogP contribution < -0.4 is 0 Å². The Hall–Kier alpha value is -1.10. The summed E-state index contributed by atoms with van der Waals surface area (Å²) in [5.74, 6) is -0.431. The summed E-state index contributed by atoms with van der Waals surface area (Å²) < 4.78 is 9.97. The van der Waals surface area contributed by atoms with Crippen LogP contribution in [0.2, 0.25) is 0 Å². The summed E-state index contributed by atoms with van der Waals surface area (Å²) in [4.78, 5) is 24.7. The number of hydrogen-bond donors (Lipinski definition) is 0. The van der Waals surface area contributed by atoms with Gasteiger partial charge in [0.15, 0.2) is 0 Å². The summed E-state index contributed by atoms with van der Waals surface area (Å²) in [7, 11) is 2.96. The van der Waals surface area contributed by atoms with E-state index in [9.17, 15) is 9.59 Å². The van der Waals surface area contributed by atoms with Crippen molar-refractivity contribution in [2.45, 2.75) is 38.2 Å². The first-order chi connectivity index (χ1) is 8.06. The molecule has 0 atom stereocenters. The maximum atomic E-state index is 12.0. The van der Waals surface area contributed by atoms with Crippen LogP contribution in [-0.4, -0.2) is 49.7 Å². The normalized spacial score (nSPS) is 17.1. The molecule has 1 aliphatic rings. The number of amides is 1. The Bertz CT molecular complexity index is 281. The number of methoxy groups -OCH3 is 2. The van der Waals surface area contributed by atoms with Gasteiger partial charge in [-0.1, -0.05) is 0 Å². The number of carbonyl (C=O) groups is 2. The third kappa shape index (κ3) is 3.43. The van der Waals surface area contributed by atoms with Crippen LogP contribution in [0.1, 0.15) is 32.6 Å². The van der Waals surface area contributed by atoms with Gasteiger partial charge in [-0.15, -0.1) is 0 Å². The van der Waals surface area contributed by atoms with Gasteiger partial charge in [0.05, 0.1) is 19.1 Å². The molecule has 1 saturated carbocycles. The molecule has 0 radical (unpaired) electrons. The lowest BCUT2D eigenvalue weighted by Gasteiger charge is -2.40. The summed E-state index contributed by atoms with van der Waals surface area (Å²) in [6.07, 6.45) is 3.30. The van der Waals surface area contributed by atoms with Crippen LogP contribution in [0.15, 0.2) is 0 Å². The minimum atomic E-state index is -0.389. The number of esters is 1. The highest BCUT2D eigenvalue weighted by Crippen LogP contribution is 2.38. The molecular weight excluding hydrogens is 222 g/mol. The Labute approximate surface area is 102 Å². The Morgan fingerprint density at radius 3 is 2.29 bits per heavy atom. The predicted molar refractivity (Wildman–Crippen MR) is 62.5 cm³/mol. The highest BCUT2D eigenvalue weighted by atomic mass is 16.5. The van der Waals surface area contributed by atoms with Crippen LogP contribution in [0.3, 0.4) is 0 Å². The van der Waals surface area contributed by atoms with Gasteiger partial charge < -0.3 is 14.4 Å². The van der Waals surface area contributed by atoms with Gasteiger partial charge in [0.1, 0.15) is 6.54 Å². The molecule has 0 unspecified atom stereocenters. The highest BCUT2D eigenvalue weighted by Gasteiger charge is 2.40. The fourth-order valence-corrected chi connectivity index (χ4v) is 2.01. The Morgan fingerprint density at radius 1 is 1.29 bits per heavy atom. The molecule has 0 aliphatic heterocycles. The van der Waals surface area contributed by atoms with Crippen molar-refractivity contribution in [2.75, 3.05) is 27.3 Å². The smallest absolute Gasteiger partial charge is 0.325 e. The number of carbonyl (C=O) groups excluding carboxylic acids is 2. The topological polar surface area (TPSA) is 55.8 Å². The molecule has 0 heterocycles. The Kier molecular flexibility index (Phi) is 4.93. The zero-order chi connectivity index (χ0) is 12.9. The highest BCUT2D eigenvalue weighted by molar-refractivity contribution is 5.82. The van der Waals surface area contributed by atoms with Gasteiger partial charge in [-0.25, -0.2) is 0 Å². The van der Waals surface area contributed by atoms with E-state index in [0.29, 0.717) is 13.0 Å². The molecule has 1 aliphatic carbocycles. The number of nitrogens with zero attached hydrogens (tertiary/aromatic N) is 1. The molecule has 1 amide bonds. The molecular formula is C12H21NO4. The van der Waals surface area contributed by atoms with Gasteiger partial charge in [0.2, 0.25) is 5.91 Å². The monoisotopic (exact) mass is 243 g/mol. The van der Waals surface area contributed by atoms with Crippen molar-refractivity contribution in [2.24, 2.45) is 0 Å². The van der Waals surface area contributed by atoms with Crippen LogP contribution in [-0.2, 0) is 19.1 Å². The molecule has 17 heavy (non-hydrogen) atoms.